The monoisotopic (exact) mass is 420 g/mol. The number of rotatable bonds is 5. The van der Waals surface area contributed by atoms with Gasteiger partial charge in [0.15, 0.2) is 0 Å². The Morgan fingerprint density at radius 2 is 1.33 bits per heavy atom. The van der Waals surface area contributed by atoms with E-state index >= 15 is 0 Å². The Hall–Kier alpha value is -3.11. The molecule has 0 spiro atoms. The van der Waals surface area contributed by atoms with Crippen molar-refractivity contribution in [3.05, 3.63) is 125 Å². The first-order chi connectivity index (χ1) is 14.5. The first-order valence-electron chi connectivity index (χ1n) is 9.56. The highest BCUT2D eigenvalue weighted by molar-refractivity contribution is 7.15. The van der Waals surface area contributed by atoms with E-state index in [0.29, 0.717) is 0 Å². The Morgan fingerprint density at radius 3 is 1.97 bits per heavy atom. The van der Waals surface area contributed by atoms with Gasteiger partial charge in [-0.1, -0.05) is 84.9 Å². The molecule has 1 heterocycles. The van der Waals surface area contributed by atoms with Crippen molar-refractivity contribution in [1.82, 2.24) is 0 Å². The maximum absolute atomic E-state index is 12.8. The Kier molecular flexibility index (Phi) is 5.86. The second-order valence-electron chi connectivity index (χ2n) is 6.94. The molecule has 0 unspecified atom stereocenters. The SMILES string of the molecule is FC(F)(F)c1ccc(-c2ccc([C@H](/C=C/c3ccccc3)c3ccccc3)s2)cc1. The minimum atomic E-state index is -4.32. The van der Waals surface area contributed by atoms with Gasteiger partial charge in [0, 0.05) is 15.7 Å². The molecule has 1 aromatic heterocycles. The number of alkyl halides is 3. The van der Waals surface area contributed by atoms with Crippen LogP contribution in [-0.2, 0) is 6.18 Å². The van der Waals surface area contributed by atoms with Gasteiger partial charge in [-0.25, -0.2) is 0 Å². The highest BCUT2D eigenvalue weighted by atomic mass is 32.1. The van der Waals surface area contributed by atoms with E-state index in [9.17, 15) is 13.2 Å². The van der Waals surface area contributed by atoms with Gasteiger partial charge in [0.05, 0.1) is 5.56 Å². The van der Waals surface area contributed by atoms with Crippen LogP contribution >= 0.6 is 11.3 Å². The average Bonchev–Trinajstić information content (AvgIpc) is 3.25. The summed E-state index contributed by atoms with van der Waals surface area (Å²) in [6.07, 6.45) is -0.0397. The number of thiophene rings is 1. The third-order valence-corrected chi connectivity index (χ3v) is 6.09. The van der Waals surface area contributed by atoms with Crippen LogP contribution in [0.5, 0.6) is 0 Å². The van der Waals surface area contributed by atoms with Crippen molar-refractivity contribution >= 4 is 17.4 Å². The largest absolute Gasteiger partial charge is 0.416 e. The zero-order chi connectivity index (χ0) is 21.0. The summed E-state index contributed by atoms with van der Waals surface area (Å²) in [5.41, 5.74) is 2.46. The molecule has 0 saturated carbocycles. The maximum atomic E-state index is 12.8. The maximum Gasteiger partial charge on any atom is 0.416 e. The van der Waals surface area contributed by atoms with Crippen LogP contribution in [0.15, 0.2) is 103 Å². The molecule has 0 saturated heterocycles. The van der Waals surface area contributed by atoms with Crippen molar-refractivity contribution < 1.29 is 13.2 Å². The van der Waals surface area contributed by atoms with Crippen LogP contribution in [0.1, 0.15) is 27.5 Å². The summed E-state index contributed by atoms with van der Waals surface area (Å²) >= 11 is 1.60. The van der Waals surface area contributed by atoms with Crippen LogP contribution in [0.2, 0.25) is 0 Å². The van der Waals surface area contributed by atoms with Crippen LogP contribution in [0.25, 0.3) is 16.5 Å². The number of hydrogen-bond acceptors (Lipinski definition) is 1. The van der Waals surface area contributed by atoms with Crippen molar-refractivity contribution in [1.29, 1.82) is 0 Å². The molecule has 1 atom stereocenters. The van der Waals surface area contributed by atoms with Gasteiger partial charge in [0.1, 0.15) is 0 Å². The third kappa shape index (κ3) is 4.71. The lowest BCUT2D eigenvalue weighted by atomic mass is 9.96. The van der Waals surface area contributed by atoms with Gasteiger partial charge in [0.25, 0.3) is 0 Å². The van der Waals surface area contributed by atoms with Gasteiger partial charge in [-0.2, -0.15) is 13.2 Å². The number of hydrogen-bond donors (Lipinski definition) is 0. The number of benzene rings is 3. The second kappa shape index (κ2) is 8.72. The third-order valence-electron chi connectivity index (χ3n) is 4.87. The summed E-state index contributed by atoms with van der Waals surface area (Å²) < 4.78 is 38.5. The number of halogens is 3. The minimum absolute atomic E-state index is 0.0691. The topological polar surface area (TPSA) is 0 Å². The number of allylic oxidation sites excluding steroid dienone is 1. The Morgan fingerprint density at radius 1 is 0.700 bits per heavy atom. The molecule has 30 heavy (non-hydrogen) atoms. The van der Waals surface area contributed by atoms with Crippen molar-refractivity contribution in [2.24, 2.45) is 0 Å². The van der Waals surface area contributed by atoms with E-state index < -0.39 is 11.7 Å². The molecular weight excluding hydrogens is 401 g/mol. The molecule has 0 fully saturated rings. The van der Waals surface area contributed by atoms with E-state index in [2.05, 4.69) is 42.5 Å². The van der Waals surface area contributed by atoms with E-state index in [1.165, 1.54) is 17.7 Å². The van der Waals surface area contributed by atoms with Gasteiger partial charge in [-0.3, -0.25) is 0 Å². The molecule has 3 aromatic carbocycles. The van der Waals surface area contributed by atoms with E-state index in [1.807, 2.05) is 42.5 Å². The van der Waals surface area contributed by atoms with Crippen LogP contribution < -0.4 is 0 Å². The van der Waals surface area contributed by atoms with Gasteiger partial charge in [-0.05, 0) is 41.0 Å². The first-order valence-corrected chi connectivity index (χ1v) is 10.4. The van der Waals surface area contributed by atoms with E-state index in [4.69, 9.17) is 0 Å². The lowest BCUT2D eigenvalue weighted by Crippen LogP contribution is -2.03. The highest BCUT2D eigenvalue weighted by Gasteiger charge is 2.30. The summed E-state index contributed by atoms with van der Waals surface area (Å²) in [5.74, 6) is 0.0691. The summed E-state index contributed by atoms with van der Waals surface area (Å²) in [5, 5.41) is 0. The summed E-state index contributed by atoms with van der Waals surface area (Å²) in [6.45, 7) is 0. The fourth-order valence-corrected chi connectivity index (χ4v) is 4.42. The van der Waals surface area contributed by atoms with Gasteiger partial charge < -0.3 is 0 Å². The summed E-state index contributed by atoms with van der Waals surface area (Å²) in [4.78, 5) is 2.09. The summed E-state index contributed by atoms with van der Waals surface area (Å²) in [7, 11) is 0. The van der Waals surface area contributed by atoms with Crippen LogP contribution in [0, 0.1) is 0 Å². The van der Waals surface area contributed by atoms with Crippen molar-refractivity contribution in [3.8, 4) is 10.4 Å². The van der Waals surface area contributed by atoms with E-state index in [0.717, 1.165) is 33.0 Å². The summed E-state index contributed by atoms with van der Waals surface area (Å²) in [6, 6.07) is 29.7. The van der Waals surface area contributed by atoms with Crippen LogP contribution in [0.3, 0.4) is 0 Å². The quantitative estimate of drug-likeness (QED) is 0.305. The van der Waals surface area contributed by atoms with Crippen LogP contribution in [-0.4, -0.2) is 0 Å². The lowest BCUT2D eigenvalue weighted by molar-refractivity contribution is -0.137. The molecule has 0 amide bonds. The van der Waals surface area contributed by atoms with E-state index in [-0.39, 0.29) is 5.92 Å². The highest BCUT2D eigenvalue weighted by Crippen LogP contribution is 2.37. The zero-order valence-corrected chi connectivity index (χ0v) is 16.8. The van der Waals surface area contributed by atoms with Gasteiger partial charge in [0.2, 0.25) is 0 Å². The molecule has 150 valence electrons. The molecular formula is C26H19F3S. The molecule has 0 N–H and O–H groups in total. The molecule has 0 nitrogen and oxygen atoms in total. The van der Waals surface area contributed by atoms with Crippen molar-refractivity contribution in [2.75, 3.05) is 0 Å². The average molecular weight is 420 g/mol. The predicted molar refractivity (Wildman–Crippen MR) is 119 cm³/mol. The predicted octanol–water partition coefficient (Wildman–Crippen LogP) is 8.28. The van der Waals surface area contributed by atoms with Gasteiger partial charge >= 0.3 is 6.18 Å². The Labute approximate surface area is 178 Å². The fraction of sp³-hybridized carbons (Fsp3) is 0.0769. The standard InChI is InChI=1S/C26H19F3S/c27-26(28,29)22-14-12-21(13-15-22)24-17-18-25(30-24)23(20-9-5-2-6-10-20)16-11-19-7-3-1-4-8-19/h1-18,23H/b16-11+/t23-/m1/s1. The normalized spacial score (nSPS) is 12.9. The zero-order valence-electron chi connectivity index (χ0n) is 16.0. The molecule has 4 rings (SSSR count). The molecule has 0 bridgehead atoms. The van der Waals surface area contributed by atoms with Crippen molar-refractivity contribution in [3.63, 3.8) is 0 Å². The minimum Gasteiger partial charge on any atom is -0.166 e. The lowest BCUT2D eigenvalue weighted by Gasteiger charge is -2.12. The fourth-order valence-electron chi connectivity index (χ4n) is 3.30. The molecule has 4 heteroatoms. The smallest absolute Gasteiger partial charge is 0.166 e. The molecule has 0 radical (unpaired) electrons. The Balaban J connectivity index is 1.65. The molecule has 4 aromatic rings. The second-order valence-corrected chi connectivity index (χ2v) is 8.05. The van der Waals surface area contributed by atoms with Gasteiger partial charge in [-0.15, -0.1) is 11.3 Å². The molecule has 0 aliphatic rings. The van der Waals surface area contributed by atoms with E-state index in [1.54, 1.807) is 11.3 Å². The van der Waals surface area contributed by atoms with Crippen molar-refractivity contribution in [2.45, 2.75) is 12.1 Å². The van der Waals surface area contributed by atoms with Crippen LogP contribution in [0.4, 0.5) is 13.2 Å². The molecule has 0 aliphatic carbocycles. The Bertz CT molecular complexity index is 1110. The molecule has 0 aliphatic heterocycles. The first kappa shape index (κ1) is 20.2.